The third-order valence-corrected chi connectivity index (χ3v) is 3.79. The van der Waals surface area contributed by atoms with Gasteiger partial charge in [0.15, 0.2) is 0 Å². The SMILES string of the molecule is C=C[C@H](O)C#CC#C[C@@H](CCCCCCCCC)N(CC)C(=O)O. The number of unbranched alkanes of at least 4 members (excludes halogenated alkanes) is 6. The first-order valence-corrected chi connectivity index (χ1v) is 8.88. The molecule has 0 aromatic carbocycles. The number of aliphatic hydroxyl groups excluding tert-OH is 1. The van der Waals surface area contributed by atoms with Crippen LogP contribution in [0.15, 0.2) is 12.7 Å². The van der Waals surface area contributed by atoms with Gasteiger partial charge in [0.25, 0.3) is 0 Å². The molecule has 0 saturated heterocycles. The van der Waals surface area contributed by atoms with Gasteiger partial charge in [-0.2, -0.15) is 0 Å². The summed E-state index contributed by atoms with van der Waals surface area (Å²) in [6.07, 6.45) is 8.45. The molecule has 0 aromatic rings. The molecule has 2 atom stereocenters. The summed E-state index contributed by atoms with van der Waals surface area (Å²) in [6.45, 7) is 7.83. The molecule has 134 valence electrons. The normalized spacial score (nSPS) is 12.1. The lowest BCUT2D eigenvalue weighted by Crippen LogP contribution is -2.38. The van der Waals surface area contributed by atoms with Crippen LogP contribution in [0.4, 0.5) is 4.79 Å². The zero-order valence-corrected chi connectivity index (χ0v) is 15.1. The molecule has 24 heavy (non-hydrogen) atoms. The summed E-state index contributed by atoms with van der Waals surface area (Å²) in [5, 5.41) is 18.6. The van der Waals surface area contributed by atoms with Crippen molar-refractivity contribution in [1.29, 1.82) is 0 Å². The van der Waals surface area contributed by atoms with Crippen molar-refractivity contribution in [1.82, 2.24) is 4.90 Å². The molecule has 0 aliphatic carbocycles. The number of amides is 1. The van der Waals surface area contributed by atoms with E-state index in [1.165, 1.54) is 43.1 Å². The minimum absolute atomic E-state index is 0.349. The van der Waals surface area contributed by atoms with Crippen molar-refractivity contribution in [3.63, 3.8) is 0 Å². The number of rotatable bonds is 11. The van der Waals surface area contributed by atoms with Gasteiger partial charge in [0, 0.05) is 6.54 Å². The molecule has 0 unspecified atom stereocenters. The number of carboxylic acid groups (broad SMARTS) is 1. The molecular weight excluding hydrogens is 302 g/mol. The Kier molecular flexibility index (Phi) is 13.5. The Hall–Kier alpha value is -1.91. The van der Waals surface area contributed by atoms with E-state index in [4.69, 9.17) is 0 Å². The molecule has 4 nitrogen and oxygen atoms in total. The van der Waals surface area contributed by atoms with Gasteiger partial charge in [-0.05, 0) is 25.2 Å². The van der Waals surface area contributed by atoms with Crippen molar-refractivity contribution < 1.29 is 15.0 Å². The molecule has 0 rings (SSSR count). The molecule has 0 bridgehead atoms. The van der Waals surface area contributed by atoms with E-state index in [-0.39, 0.29) is 6.04 Å². The van der Waals surface area contributed by atoms with E-state index in [0.29, 0.717) is 13.0 Å². The summed E-state index contributed by atoms with van der Waals surface area (Å²) < 4.78 is 0. The fourth-order valence-corrected chi connectivity index (χ4v) is 2.38. The molecule has 4 heteroatoms. The second kappa shape index (κ2) is 14.7. The molecule has 0 radical (unpaired) electrons. The molecule has 0 saturated carbocycles. The number of nitrogens with zero attached hydrogens (tertiary/aromatic N) is 1. The first-order chi connectivity index (χ1) is 11.6. The Balaban J connectivity index is 4.54. The van der Waals surface area contributed by atoms with E-state index in [2.05, 4.69) is 37.2 Å². The number of hydrogen-bond donors (Lipinski definition) is 2. The average molecular weight is 333 g/mol. The monoisotopic (exact) mass is 333 g/mol. The van der Waals surface area contributed by atoms with Crippen molar-refractivity contribution >= 4 is 6.09 Å². The Morgan fingerprint density at radius 2 is 1.67 bits per heavy atom. The molecule has 0 aromatic heterocycles. The summed E-state index contributed by atoms with van der Waals surface area (Å²) in [5.74, 6) is 10.7. The Morgan fingerprint density at radius 1 is 1.08 bits per heavy atom. The molecule has 2 N–H and O–H groups in total. The molecule has 0 heterocycles. The van der Waals surface area contributed by atoms with Gasteiger partial charge in [-0.25, -0.2) is 4.79 Å². The first kappa shape index (κ1) is 22.1. The first-order valence-electron chi connectivity index (χ1n) is 8.88. The van der Waals surface area contributed by atoms with Gasteiger partial charge in [-0.1, -0.05) is 76.4 Å². The minimum atomic E-state index is -0.959. The third-order valence-electron chi connectivity index (χ3n) is 3.79. The quantitative estimate of drug-likeness (QED) is 0.341. The Bertz CT molecular complexity index is 479. The van der Waals surface area contributed by atoms with Crippen LogP contribution in [0.25, 0.3) is 0 Å². The fourth-order valence-electron chi connectivity index (χ4n) is 2.38. The summed E-state index contributed by atoms with van der Waals surface area (Å²) >= 11 is 0. The van der Waals surface area contributed by atoms with E-state index in [1.807, 2.05) is 0 Å². The second-order valence-electron chi connectivity index (χ2n) is 5.71. The number of aliphatic hydroxyl groups is 1. The highest BCUT2D eigenvalue weighted by Gasteiger charge is 2.19. The summed E-state index contributed by atoms with van der Waals surface area (Å²) in [5.41, 5.74) is 0. The lowest BCUT2D eigenvalue weighted by atomic mass is 10.0. The van der Waals surface area contributed by atoms with Crippen LogP contribution < -0.4 is 0 Å². The van der Waals surface area contributed by atoms with Crippen LogP contribution in [-0.4, -0.2) is 39.9 Å². The van der Waals surface area contributed by atoms with E-state index in [1.54, 1.807) is 6.92 Å². The third kappa shape index (κ3) is 10.8. The average Bonchev–Trinajstić information content (AvgIpc) is 2.57. The van der Waals surface area contributed by atoms with Crippen LogP contribution in [0.2, 0.25) is 0 Å². The summed E-state index contributed by atoms with van der Waals surface area (Å²) in [6, 6.07) is -0.349. The number of carbonyl (C=O) groups is 1. The van der Waals surface area contributed by atoms with Gasteiger partial charge >= 0.3 is 6.09 Å². The topological polar surface area (TPSA) is 60.8 Å². The van der Waals surface area contributed by atoms with Gasteiger partial charge in [-0.15, -0.1) is 0 Å². The maximum Gasteiger partial charge on any atom is 0.408 e. The molecule has 1 amide bonds. The zero-order valence-electron chi connectivity index (χ0n) is 15.1. The predicted molar refractivity (Wildman–Crippen MR) is 98.6 cm³/mol. The Morgan fingerprint density at radius 3 is 2.21 bits per heavy atom. The predicted octanol–water partition coefficient (Wildman–Crippen LogP) is 4.05. The maximum absolute atomic E-state index is 11.3. The van der Waals surface area contributed by atoms with Crippen LogP contribution in [0.5, 0.6) is 0 Å². The van der Waals surface area contributed by atoms with Gasteiger partial charge in [0.2, 0.25) is 0 Å². The van der Waals surface area contributed by atoms with Crippen LogP contribution in [0.1, 0.15) is 65.2 Å². The summed E-state index contributed by atoms with van der Waals surface area (Å²) in [7, 11) is 0. The highest BCUT2D eigenvalue weighted by atomic mass is 16.4. The van der Waals surface area contributed by atoms with Crippen LogP contribution in [-0.2, 0) is 0 Å². The minimum Gasteiger partial charge on any atom is -0.465 e. The van der Waals surface area contributed by atoms with Gasteiger partial charge in [0.1, 0.15) is 6.10 Å². The molecule has 0 aliphatic heterocycles. The zero-order chi connectivity index (χ0) is 18.2. The van der Waals surface area contributed by atoms with Crippen LogP contribution >= 0.6 is 0 Å². The largest absolute Gasteiger partial charge is 0.465 e. The maximum atomic E-state index is 11.3. The highest BCUT2D eigenvalue weighted by molar-refractivity contribution is 5.66. The van der Waals surface area contributed by atoms with Crippen molar-refractivity contribution in [2.45, 2.75) is 77.4 Å². The molecule has 0 aliphatic rings. The molecular formula is C20H31NO3. The second-order valence-corrected chi connectivity index (χ2v) is 5.71. The van der Waals surface area contributed by atoms with Gasteiger partial charge in [-0.3, -0.25) is 4.90 Å². The van der Waals surface area contributed by atoms with E-state index < -0.39 is 12.2 Å². The van der Waals surface area contributed by atoms with Crippen LogP contribution in [0, 0.1) is 23.7 Å². The molecule has 0 spiro atoms. The van der Waals surface area contributed by atoms with Gasteiger partial charge in [0.05, 0.1) is 6.04 Å². The standard InChI is InChI=1S/C20H31NO3/c1-4-7-8-9-10-11-12-15-18(21(6-3)20(23)24)16-13-14-17-19(22)5-2/h5,18-19,22H,2,4,6-12,15H2,1,3H3,(H,23,24)/t18-,19+/m1/s1. The lowest BCUT2D eigenvalue weighted by molar-refractivity contribution is 0.136. The van der Waals surface area contributed by atoms with Crippen molar-refractivity contribution in [3.8, 4) is 23.7 Å². The van der Waals surface area contributed by atoms with Crippen molar-refractivity contribution in [2.24, 2.45) is 0 Å². The Labute approximate surface area is 146 Å². The highest BCUT2D eigenvalue weighted by Crippen LogP contribution is 2.13. The smallest absolute Gasteiger partial charge is 0.408 e. The van der Waals surface area contributed by atoms with Crippen molar-refractivity contribution in [2.75, 3.05) is 6.54 Å². The van der Waals surface area contributed by atoms with E-state index >= 15 is 0 Å². The van der Waals surface area contributed by atoms with E-state index in [9.17, 15) is 15.0 Å². The summed E-state index contributed by atoms with van der Waals surface area (Å²) in [4.78, 5) is 12.7. The van der Waals surface area contributed by atoms with E-state index in [0.717, 1.165) is 12.8 Å². The van der Waals surface area contributed by atoms with Gasteiger partial charge < -0.3 is 10.2 Å². The number of hydrogen-bond acceptors (Lipinski definition) is 2. The molecule has 0 fully saturated rings. The fraction of sp³-hybridized carbons (Fsp3) is 0.650. The van der Waals surface area contributed by atoms with Crippen molar-refractivity contribution in [3.05, 3.63) is 12.7 Å². The van der Waals surface area contributed by atoms with Crippen LogP contribution in [0.3, 0.4) is 0 Å². The lowest BCUT2D eigenvalue weighted by Gasteiger charge is -2.24.